The lowest BCUT2D eigenvalue weighted by molar-refractivity contribution is -0.135. The highest BCUT2D eigenvalue weighted by atomic mass is 32.2. The Kier molecular flexibility index (Phi) is 5.59. The Balaban J connectivity index is 1.76. The number of hydrogen-bond donors (Lipinski definition) is 2. The summed E-state index contributed by atoms with van der Waals surface area (Å²) in [6, 6.07) is 5.42. The van der Waals surface area contributed by atoms with Gasteiger partial charge in [-0.15, -0.1) is 0 Å². The lowest BCUT2D eigenvalue weighted by Gasteiger charge is -2.42. The summed E-state index contributed by atoms with van der Waals surface area (Å²) in [7, 11) is -3.67. The molecule has 142 valence electrons. The maximum absolute atomic E-state index is 13.0. The van der Waals surface area contributed by atoms with Gasteiger partial charge in [-0.3, -0.25) is 9.59 Å². The van der Waals surface area contributed by atoms with Crippen molar-refractivity contribution >= 4 is 21.9 Å². The third-order valence-electron chi connectivity index (χ3n) is 4.80. The number of carboxylic acids is 1. The molecule has 3 rings (SSSR count). The van der Waals surface area contributed by atoms with Gasteiger partial charge >= 0.3 is 5.97 Å². The van der Waals surface area contributed by atoms with E-state index in [-0.39, 0.29) is 22.6 Å². The molecule has 1 aromatic carbocycles. The fraction of sp³-hybridized carbons (Fsp3) is 0.529. The molecule has 1 aliphatic heterocycles. The molecule has 1 aliphatic carbocycles. The van der Waals surface area contributed by atoms with Gasteiger partial charge in [0.1, 0.15) is 6.54 Å². The van der Waals surface area contributed by atoms with E-state index in [4.69, 9.17) is 9.84 Å². The van der Waals surface area contributed by atoms with Crippen LogP contribution in [0.2, 0.25) is 0 Å². The number of rotatable bonds is 5. The summed E-state index contributed by atoms with van der Waals surface area (Å²) in [6.07, 6.45) is 3.65. The second-order valence-electron chi connectivity index (χ2n) is 6.48. The van der Waals surface area contributed by atoms with Crippen molar-refractivity contribution in [2.24, 2.45) is 0 Å². The second kappa shape index (κ2) is 7.73. The molecular formula is C17H22N2O6S. The Morgan fingerprint density at radius 3 is 2.58 bits per heavy atom. The van der Waals surface area contributed by atoms with E-state index < -0.39 is 28.4 Å². The molecule has 2 aliphatic rings. The van der Waals surface area contributed by atoms with Crippen LogP contribution in [0.4, 0.5) is 0 Å². The highest BCUT2D eigenvalue weighted by Crippen LogP contribution is 2.32. The zero-order chi connectivity index (χ0) is 18.7. The summed E-state index contributed by atoms with van der Waals surface area (Å²) in [6.45, 7) is 0.218. The first kappa shape index (κ1) is 18.8. The van der Waals surface area contributed by atoms with Gasteiger partial charge < -0.3 is 15.2 Å². The fourth-order valence-electron chi connectivity index (χ4n) is 3.53. The molecular weight excluding hydrogens is 360 g/mol. The van der Waals surface area contributed by atoms with E-state index in [1.165, 1.54) is 28.6 Å². The number of morpholine rings is 1. The van der Waals surface area contributed by atoms with Gasteiger partial charge in [0.25, 0.3) is 5.91 Å². The van der Waals surface area contributed by atoms with Crippen LogP contribution in [0.15, 0.2) is 29.2 Å². The molecule has 0 radical (unpaired) electrons. The summed E-state index contributed by atoms with van der Waals surface area (Å²) in [5, 5.41) is 10.8. The minimum absolute atomic E-state index is 0.0478. The lowest BCUT2D eigenvalue weighted by Crippen LogP contribution is -2.54. The SMILES string of the molecule is O=C(O)CNC(=O)c1ccc(S(=O)(=O)N2CCOC3CCCCC32)cc1. The molecule has 1 amide bonds. The standard InChI is InChI=1S/C17H22N2O6S/c20-16(21)11-18-17(22)12-5-7-13(8-6-12)26(23,24)19-9-10-25-15-4-2-1-3-14(15)19/h5-8,14-15H,1-4,9-11H2,(H,18,22)(H,20,21). The van der Waals surface area contributed by atoms with Crippen LogP contribution in [0.5, 0.6) is 0 Å². The molecule has 26 heavy (non-hydrogen) atoms. The van der Waals surface area contributed by atoms with E-state index in [9.17, 15) is 18.0 Å². The number of carbonyl (C=O) groups is 2. The maximum Gasteiger partial charge on any atom is 0.322 e. The number of nitrogens with zero attached hydrogens (tertiary/aromatic N) is 1. The Morgan fingerprint density at radius 2 is 1.88 bits per heavy atom. The molecule has 2 atom stereocenters. The number of fused-ring (bicyclic) bond motifs is 1. The first-order chi connectivity index (χ1) is 12.4. The van der Waals surface area contributed by atoms with Crippen molar-refractivity contribution in [2.75, 3.05) is 19.7 Å². The number of carboxylic acid groups (broad SMARTS) is 1. The highest BCUT2D eigenvalue weighted by Gasteiger charge is 2.40. The Morgan fingerprint density at radius 1 is 1.19 bits per heavy atom. The highest BCUT2D eigenvalue weighted by molar-refractivity contribution is 7.89. The number of aliphatic carboxylic acids is 1. The van der Waals surface area contributed by atoms with Gasteiger partial charge in [-0.2, -0.15) is 4.31 Å². The van der Waals surface area contributed by atoms with Crippen molar-refractivity contribution < 1.29 is 27.9 Å². The van der Waals surface area contributed by atoms with Crippen molar-refractivity contribution in [1.29, 1.82) is 0 Å². The summed E-state index contributed by atoms with van der Waals surface area (Å²) < 4.78 is 33.3. The molecule has 0 bridgehead atoms. The molecule has 2 fully saturated rings. The first-order valence-electron chi connectivity index (χ1n) is 8.63. The molecule has 1 saturated carbocycles. The van der Waals surface area contributed by atoms with Crippen molar-refractivity contribution in [3.8, 4) is 0 Å². The van der Waals surface area contributed by atoms with Gasteiger partial charge in [-0.05, 0) is 37.1 Å². The topological polar surface area (TPSA) is 113 Å². The molecule has 2 N–H and O–H groups in total. The summed E-state index contributed by atoms with van der Waals surface area (Å²) >= 11 is 0. The van der Waals surface area contributed by atoms with E-state index >= 15 is 0 Å². The first-order valence-corrected chi connectivity index (χ1v) is 10.1. The van der Waals surface area contributed by atoms with E-state index in [2.05, 4.69) is 5.32 Å². The zero-order valence-corrected chi connectivity index (χ0v) is 15.1. The minimum Gasteiger partial charge on any atom is -0.480 e. The molecule has 1 heterocycles. The van der Waals surface area contributed by atoms with Crippen LogP contribution in [0.3, 0.4) is 0 Å². The molecule has 0 aromatic heterocycles. The van der Waals surface area contributed by atoms with Gasteiger partial charge in [-0.1, -0.05) is 12.8 Å². The number of sulfonamides is 1. The lowest BCUT2D eigenvalue weighted by atomic mass is 9.91. The van der Waals surface area contributed by atoms with Crippen LogP contribution in [-0.2, 0) is 19.6 Å². The van der Waals surface area contributed by atoms with Gasteiger partial charge in [0.15, 0.2) is 0 Å². The molecule has 1 saturated heterocycles. The summed E-state index contributed by atoms with van der Waals surface area (Å²) in [5.41, 5.74) is 0.211. The molecule has 0 spiro atoms. The second-order valence-corrected chi connectivity index (χ2v) is 8.37. The average molecular weight is 382 g/mol. The number of ether oxygens (including phenoxy) is 1. The van der Waals surface area contributed by atoms with Gasteiger partial charge in [0.2, 0.25) is 10.0 Å². The number of amides is 1. The van der Waals surface area contributed by atoms with Crippen LogP contribution in [0.1, 0.15) is 36.0 Å². The van der Waals surface area contributed by atoms with Gasteiger partial charge in [0.05, 0.1) is 23.6 Å². The van der Waals surface area contributed by atoms with Crippen LogP contribution in [0.25, 0.3) is 0 Å². The van der Waals surface area contributed by atoms with Crippen LogP contribution in [0, 0.1) is 0 Å². The number of nitrogens with one attached hydrogen (secondary N) is 1. The van der Waals surface area contributed by atoms with Crippen LogP contribution in [-0.4, -0.2) is 61.5 Å². The number of carbonyl (C=O) groups excluding carboxylic acids is 1. The van der Waals surface area contributed by atoms with E-state index in [0.717, 1.165) is 25.7 Å². The van der Waals surface area contributed by atoms with E-state index in [1.54, 1.807) is 0 Å². The zero-order valence-electron chi connectivity index (χ0n) is 14.3. The Hall–Kier alpha value is -1.97. The van der Waals surface area contributed by atoms with E-state index in [1.807, 2.05) is 0 Å². The monoisotopic (exact) mass is 382 g/mol. The van der Waals surface area contributed by atoms with Crippen molar-refractivity contribution in [1.82, 2.24) is 9.62 Å². The third kappa shape index (κ3) is 3.89. The molecule has 8 nitrogen and oxygen atoms in total. The number of hydrogen-bond acceptors (Lipinski definition) is 5. The largest absolute Gasteiger partial charge is 0.480 e. The average Bonchev–Trinajstić information content (AvgIpc) is 2.65. The minimum atomic E-state index is -3.67. The number of benzene rings is 1. The van der Waals surface area contributed by atoms with Gasteiger partial charge in [0, 0.05) is 12.1 Å². The molecule has 2 unspecified atom stereocenters. The Labute approximate surface area is 152 Å². The van der Waals surface area contributed by atoms with Gasteiger partial charge in [-0.25, -0.2) is 8.42 Å². The van der Waals surface area contributed by atoms with Crippen LogP contribution >= 0.6 is 0 Å². The normalized spacial score (nSPS) is 23.8. The van der Waals surface area contributed by atoms with E-state index in [0.29, 0.717) is 13.2 Å². The smallest absolute Gasteiger partial charge is 0.322 e. The summed E-state index contributed by atoms with van der Waals surface area (Å²) in [4.78, 5) is 22.5. The predicted octanol–water partition coefficient (Wildman–Crippen LogP) is 0.833. The molecule has 9 heteroatoms. The maximum atomic E-state index is 13.0. The quantitative estimate of drug-likeness (QED) is 0.780. The van der Waals surface area contributed by atoms with Crippen LogP contribution < -0.4 is 5.32 Å². The Bertz CT molecular complexity index is 775. The van der Waals surface area contributed by atoms with Crippen molar-refractivity contribution in [3.63, 3.8) is 0 Å². The summed E-state index contributed by atoms with van der Waals surface area (Å²) in [5.74, 6) is -1.71. The predicted molar refractivity (Wildman–Crippen MR) is 92.3 cm³/mol. The fourth-order valence-corrected chi connectivity index (χ4v) is 5.19. The van der Waals surface area contributed by atoms with Crippen molar-refractivity contribution in [2.45, 2.75) is 42.7 Å². The van der Waals surface area contributed by atoms with Crippen molar-refractivity contribution in [3.05, 3.63) is 29.8 Å². The third-order valence-corrected chi connectivity index (χ3v) is 6.74. The molecule has 1 aromatic rings.